The van der Waals surface area contributed by atoms with Crippen molar-refractivity contribution in [3.05, 3.63) is 0 Å². The fraction of sp³-hybridized carbons (Fsp3) is 0.962. The monoisotopic (exact) mass is 625 g/mol. The van der Waals surface area contributed by atoms with Crippen LogP contribution in [0.15, 0.2) is 0 Å². The van der Waals surface area contributed by atoms with Gasteiger partial charge in [0.2, 0.25) is 5.91 Å². The van der Waals surface area contributed by atoms with E-state index < -0.39 is 0 Å². The molecule has 0 saturated heterocycles. The lowest BCUT2D eigenvalue weighted by Gasteiger charge is -2.66. The predicted molar refractivity (Wildman–Crippen MR) is 146 cm³/mol. The third kappa shape index (κ3) is 5.77. The number of rotatable bonds is 17. The van der Waals surface area contributed by atoms with Gasteiger partial charge in [-0.1, -0.05) is 152 Å². The van der Waals surface area contributed by atoms with E-state index in [-0.39, 0.29) is 30.7 Å². The molecule has 2 bridgehead atoms. The van der Waals surface area contributed by atoms with Crippen LogP contribution in [0.2, 0.25) is 0 Å². The average molecular weight is 628 g/mol. The summed E-state index contributed by atoms with van der Waals surface area (Å²) in [5, 5.41) is 3.29. The van der Waals surface area contributed by atoms with Gasteiger partial charge in [-0.25, -0.2) is 0 Å². The zero-order chi connectivity index (χ0) is 23.0. The second kappa shape index (κ2) is 13.1. The SMILES string of the molecule is CCCCCCCCCCCCCCCCNC(=O)[C@@]12CC[C@](C(Br)Br)([C@@H]1Br)C2(C)C. The number of hydrogen-bond acceptors (Lipinski definition) is 1. The number of unbranched alkanes of at least 4 members (excludes halogenated alkanes) is 13. The Morgan fingerprint density at radius 2 is 1.29 bits per heavy atom. The standard InChI is InChI=1S/C26H46Br3NO/c1-4-5-6-7-8-9-10-11-12-13-14-15-16-17-20-30-23(31)26-19-18-25(21(26)27,22(28)29)24(26,2)3/h21-22H,4-20H2,1-3H3,(H,30,31)/t21-,25+,26+/m0/s1. The van der Waals surface area contributed by atoms with Crippen LogP contribution >= 0.6 is 47.8 Å². The van der Waals surface area contributed by atoms with Crippen molar-refractivity contribution in [2.24, 2.45) is 16.2 Å². The highest BCUT2D eigenvalue weighted by Crippen LogP contribution is 2.82. The smallest absolute Gasteiger partial charge is 0.227 e. The molecule has 5 heteroatoms. The lowest BCUT2D eigenvalue weighted by molar-refractivity contribution is -0.161. The largest absolute Gasteiger partial charge is 0.356 e. The van der Waals surface area contributed by atoms with Crippen LogP contribution in [0.25, 0.3) is 0 Å². The Balaban J connectivity index is 1.49. The van der Waals surface area contributed by atoms with E-state index in [1.807, 2.05) is 0 Å². The van der Waals surface area contributed by atoms with Crippen molar-refractivity contribution in [1.29, 1.82) is 0 Å². The van der Waals surface area contributed by atoms with Crippen molar-refractivity contribution in [2.45, 2.75) is 132 Å². The number of carbonyl (C=O) groups excluding carboxylic acids is 1. The molecule has 1 amide bonds. The van der Waals surface area contributed by atoms with E-state index in [9.17, 15) is 4.79 Å². The molecule has 2 nitrogen and oxygen atoms in total. The molecule has 3 saturated carbocycles. The van der Waals surface area contributed by atoms with Crippen LogP contribution in [-0.4, -0.2) is 21.0 Å². The fourth-order valence-corrected chi connectivity index (χ4v) is 11.3. The molecule has 0 spiro atoms. The molecule has 0 aromatic heterocycles. The summed E-state index contributed by atoms with van der Waals surface area (Å²) in [5.41, 5.74) is -0.159. The Morgan fingerprint density at radius 1 is 0.839 bits per heavy atom. The van der Waals surface area contributed by atoms with E-state index in [1.165, 1.54) is 83.5 Å². The van der Waals surface area contributed by atoms with E-state index in [1.54, 1.807) is 0 Å². The number of carbonyl (C=O) groups is 1. The van der Waals surface area contributed by atoms with Crippen molar-refractivity contribution in [2.75, 3.05) is 6.54 Å². The Labute approximate surface area is 217 Å². The minimum absolute atomic E-state index is 0.00851. The van der Waals surface area contributed by atoms with Crippen LogP contribution in [0.1, 0.15) is 124 Å². The second-order valence-electron chi connectivity index (χ2n) is 10.7. The molecule has 182 valence electrons. The molecule has 1 N–H and O–H groups in total. The average Bonchev–Trinajstić information content (AvgIpc) is 3.20. The Bertz CT molecular complexity index is 553. The van der Waals surface area contributed by atoms with E-state index in [2.05, 4.69) is 73.9 Å². The van der Waals surface area contributed by atoms with Crippen LogP contribution < -0.4 is 5.32 Å². The van der Waals surface area contributed by atoms with Crippen LogP contribution in [0.3, 0.4) is 0 Å². The molecule has 3 atom stereocenters. The molecule has 3 aliphatic carbocycles. The van der Waals surface area contributed by atoms with Crippen LogP contribution in [0.5, 0.6) is 0 Å². The first-order valence-electron chi connectivity index (χ1n) is 13.0. The van der Waals surface area contributed by atoms with Crippen molar-refractivity contribution >= 4 is 53.7 Å². The fourth-order valence-electron chi connectivity index (χ4n) is 6.38. The van der Waals surface area contributed by atoms with Gasteiger partial charge in [0, 0.05) is 16.8 Å². The van der Waals surface area contributed by atoms with Gasteiger partial charge >= 0.3 is 0 Å². The highest BCUT2D eigenvalue weighted by atomic mass is 79.9. The van der Waals surface area contributed by atoms with E-state index in [4.69, 9.17) is 0 Å². The van der Waals surface area contributed by atoms with E-state index >= 15 is 0 Å². The maximum Gasteiger partial charge on any atom is 0.227 e. The number of nitrogens with one attached hydrogen (secondary N) is 1. The molecule has 0 heterocycles. The minimum atomic E-state index is -0.261. The van der Waals surface area contributed by atoms with Crippen molar-refractivity contribution in [1.82, 2.24) is 5.32 Å². The molecule has 0 radical (unpaired) electrons. The summed E-state index contributed by atoms with van der Waals surface area (Å²) in [4.78, 5) is 13.4. The zero-order valence-corrected chi connectivity index (χ0v) is 25.0. The van der Waals surface area contributed by atoms with Gasteiger partial charge in [0.15, 0.2) is 0 Å². The van der Waals surface area contributed by atoms with Gasteiger partial charge in [-0.15, -0.1) is 0 Å². The first-order valence-corrected chi connectivity index (χ1v) is 15.7. The van der Waals surface area contributed by atoms with Crippen LogP contribution in [0.4, 0.5) is 0 Å². The van der Waals surface area contributed by atoms with Gasteiger partial charge in [0.1, 0.15) is 0 Å². The van der Waals surface area contributed by atoms with Crippen molar-refractivity contribution in [3.8, 4) is 0 Å². The molecule has 0 unspecified atom stereocenters. The lowest BCUT2D eigenvalue weighted by Crippen LogP contribution is -2.72. The van der Waals surface area contributed by atoms with Gasteiger partial charge in [-0.2, -0.15) is 0 Å². The number of alkyl halides is 3. The number of amides is 1. The Hall–Kier alpha value is 0.910. The first-order chi connectivity index (χ1) is 14.8. The molecule has 0 aromatic rings. The summed E-state index contributed by atoms with van der Waals surface area (Å²) in [5.74, 6) is 0.267. The van der Waals surface area contributed by atoms with E-state index in [0.29, 0.717) is 0 Å². The van der Waals surface area contributed by atoms with Crippen LogP contribution in [0, 0.1) is 16.2 Å². The van der Waals surface area contributed by atoms with E-state index in [0.717, 1.165) is 25.8 Å². The Kier molecular flexibility index (Phi) is 11.9. The van der Waals surface area contributed by atoms with Crippen molar-refractivity contribution < 1.29 is 4.79 Å². The third-order valence-electron chi connectivity index (χ3n) is 8.71. The lowest BCUT2D eigenvalue weighted by atomic mass is 9.43. The molecule has 3 rings (SSSR count). The normalized spacial score (nSPS) is 28.7. The Morgan fingerprint density at radius 3 is 1.68 bits per heavy atom. The summed E-state index contributed by atoms with van der Waals surface area (Å²) < 4.78 is 0.237. The third-order valence-corrected chi connectivity index (χ3v) is 11.9. The second-order valence-corrected chi connectivity index (χ2v) is 14.6. The molecule has 3 fully saturated rings. The highest BCUT2D eigenvalue weighted by molar-refractivity contribution is 9.24. The van der Waals surface area contributed by atoms with Gasteiger partial charge < -0.3 is 5.32 Å². The van der Waals surface area contributed by atoms with Crippen molar-refractivity contribution in [3.63, 3.8) is 0 Å². The summed E-state index contributed by atoms with van der Waals surface area (Å²) in [6.07, 6.45) is 21.2. The first kappa shape index (κ1) is 28.1. The number of fused-ring (bicyclic) bond motifs is 1. The molecule has 3 aliphatic rings. The van der Waals surface area contributed by atoms with Gasteiger partial charge in [-0.05, 0) is 24.7 Å². The highest BCUT2D eigenvalue weighted by Gasteiger charge is 2.83. The summed E-state index contributed by atoms with van der Waals surface area (Å²) in [7, 11) is 0. The molecule has 0 aliphatic heterocycles. The van der Waals surface area contributed by atoms with Gasteiger partial charge in [-0.3, -0.25) is 4.79 Å². The summed E-state index contributed by atoms with van der Waals surface area (Å²) in [6.45, 7) is 7.67. The minimum Gasteiger partial charge on any atom is -0.356 e. The van der Waals surface area contributed by atoms with Crippen LogP contribution in [-0.2, 0) is 4.79 Å². The quantitative estimate of drug-likeness (QED) is 0.126. The van der Waals surface area contributed by atoms with Gasteiger partial charge in [0.05, 0.1) is 9.15 Å². The number of hydrogen-bond donors (Lipinski definition) is 1. The van der Waals surface area contributed by atoms with Gasteiger partial charge in [0.25, 0.3) is 0 Å². The predicted octanol–water partition coefficient (Wildman–Crippen LogP) is 9.27. The molecular weight excluding hydrogens is 582 g/mol. The zero-order valence-electron chi connectivity index (χ0n) is 20.2. The molecular formula is C26H46Br3NO. The number of halogens is 3. The summed E-state index contributed by atoms with van der Waals surface area (Å²) >= 11 is 11.4. The topological polar surface area (TPSA) is 29.1 Å². The summed E-state index contributed by atoms with van der Waals surface area (Å²) in [6, 6.07) is 0. The maximum absolute atomic E-state index is 13.2. The maximum atomic E-state index is 13.2. The molecule has 31 heavy (non-hydrogen) atoms. The molecule has 0 aromatic carbocycles.